The van der Waals surface area contributed by atoms with E-state index in [0.717, 1.165) is 5.56 Å². The van der Waals surface area contributed by atoms with Crippen LogP contribution in [0.5, 0.6) is 0 Å². The third-order valence-electron chi connectivity index (χ3n) is 1.95. The molecule has 0 fully saturated rings. The van der Waals surface area contributed by atoms with Crippen LogP contribution in [0.4, 0.5) is 8.78 Å². The van der Waals surface area contributed by atoms with Gasteiger partial charge < -0.3 is 5.73 Å². The summed E-state index contributed by atoms with van der Waals surface area (Å²) in [5.74, 6) is -2.88. The van der Waals surface area contributed by atoms with Crippen molar-refractivity contribution in [1.82, 2.24) is 0 Å². The van der Waals surface area contributed by atoms with Crippen molar-refractivity contribution in [3.8, 4) is 0 Å². The van der Waals surface area contributed by atoms with Gasteiger partial charge >= 0.3 is 0 Å². The lowest BCUT2D eigenvalue weighted by molar-refractivity contribution is 0.0115. The normalized spacial score (nSPS) is 11.8. The molecule has 1 rings (SSSR count). The van der Waals surface area contributed by atoms with Gasteiger partial charge in [-0.25, -0.2) is 8.78 Å². The molecular formula is C10H12ClF2N. The molecule has 1 aromatic carbocycles. The summed E-state index contributed by atoms with van der Waals surface area (Å²) in [5, 5.41) is 0.365. The van der Waals surface area contributed by atoms with Gasteiger partial charge in [0.1, 0.15) is 0 Å². The van der Waals surface area contributed by atoms with Crippen molar-refractivity contribution in [3.63, 3.8) is 0 Å². The molecule has 0 unspecified atom stereocenters. The van der Waals surface area contributed by atoms with Gasteiger partial charge in [-0.05, 0) is 18.6 Å². The Morgan fingerprint density at radius 1 is 1.43 bits per heavy atom. The molecule has 0 heterocycles. The second-order valence-electron chi connectivity index (χ2n) is 3.33. The minimum absolute atomic E-state index is 0.365. The monoisotopic (exact) mass is 219 g/mol. The van der Waals surface area contributed by atoms with Gasteiger partial charge in [0.2, 0.25) is 0 Å². The van der Waals surface area contributed by atoms with Gasteiger partial charge in [0.05, 0.1) is 6.54 Å². The summed E-state index contributed by atoms with van der Waals surface area (Å²) < 4.78 is 25.9. The van der Waals surface area contributed by atoms with Crippen LogP contribution in [0.2, 0.25) is 5.02 Å². The number of halogens is 3. The Morgan fingerprint density at radius 2 is 2.07 bits per heavy atom. The highest BCUT2D eigenvalue weighted by Gasteiger charge is 2.27. The van der Waals surface area contributed by atoms with Gasteiger partial charge in [-0.1, -0.05) is 29.3 Å². The Labute approximate surface area is 86.9 Å². The highest BCUT2D eigenvalue weighted by Crippen LogP contribution is 2.25. The zero-order valence-corrected chi connectivity index (χ0v) is 8.61. The smallest absolute Gasteiger partial charge is 0.264 e. The van der Waals surface area contributed by atoms with E-state index in [4.69, 9.17) is 17.3 Å². The minimum atomic E-state index is -2.88. The molecule has 1 aromatic rings. The Hall–Kier alpha value is -0.670. The number of benzene rings is 1. The maximum absolute atomic E-state index is 13.0. The molecule has 0 amide bonds. The third-order valence-corrected chi connectivity index (χ3v) is 2.32. The highest BCUT2D eigenvalue weighted by atomic mass is 35.5. The molecular weight excluding hydrogens is 208 g/mol. The zero-order valence-electron chi connectivity index (χ0n) is 7.86. The molecule has 1 nitrogen and oxygen atoms in total. The maximum Gasteiger partial charge on any atom is 0.264 e. The first-order valence-corrected chi connectivity index (χ1v) is 4.65. The summed E-state index contributed by atoms with van der Waals surface area (Å²) in [7, 11) is 0. The number of hydrogen-bond acceptors (Lipinski definition) is 1. The summed E-state index contributed by atoms with van der Waals surface area (Å²) in [4.78, 5) is 0. The zero-order chi connectivity index (χ0) is 10.8. The summed E-state index contributed by atoms with van der Waals surface area (Å²) in [6.07, 6.45) is -0.399. The van der Waals surface area contributed by atoms with Crippen LogP contribution in [0.3, 0.4) is 0 Å². The second kappa shape index (κ2) is 4.24. The SMILES string of the molecule is Cc1ccc(Cl)c(CC(F)(F)CN)c1. The third kappa shape index (κ3) is 2.93. The average molecular weight is 220 g/mol. The van der Waals surface area contributed by atoms with E-state index in [9.17, 15) is 8.78 Å². The van der Waals surface area contributed by atoms with Crippen LogP contribution in [0, 0.1) is 6.92 Å². The van der Waals surface area contributed by atoms with E-state index in [-0.39, 0.29) is 0 Å². The van der Waals surface area contributed by atoms with Gasteiger partial charge in [0, 0.05) is 11.4 Å². The molecule has 2 N–H and O–H groups in total. The van der Waals surface area contributed by atoms with Crippen molar-refractivity contribution in [3.05, 3.63) is 34.3 Å². The maximum atomic E-state index is 13.0. The van der Waals surface area contributed by atoms with Crippen molar-refractivity contribution < 1.29 is 8.78 Å². The molecule has 4 heteroatoms. The Bertz CT molecular complexity index is 326. The molecule has 0 aromatic heterocycles. The molecule has 0 atom stereocenters. The second-order valence-corrected chi connectivity index (χ2v) is 3.74. The van der Waals surface area contributed by atoms with Crippen molar-refractivity contribution in [2.24, 2.45) is 5.73 Å². The summed E-state index contributed by atoms with van der Waals surface area (Å²) in [6.45, 7) is 1.18. The van der Waals surface area contributed by atoms with E-state index in [0.29, 0.717) is 10.6 Å². The fraction of sp³-hybridized carbons (Fsp3) is 0.400. The lowest BCUT2D eigenvalue weighted by Crippen LogP contribution is -2.30. The number of rotatable bonds is 3. The van der Waals surface area contributed by atoms with E-state index in [2.05, 4.69) is 0 Å². The molecule has 0 saturated heterocycles. The predicted molar refractivity (Wildman–Crippen MR) is 53.9 cm³/mol. The van der Waals surface area contributed by atoms with Crippen molar-refractivity contribution >= 4 is 11.6 Å². The molecule has 0 spiro atoms. The van der Waals surface area contributed by atoms with Crippen molar-refractivity contribution in [2.45, 2.75) is 19.3 Å². The van der Waals surface area contributed by atoms with E-state index in [1.165, 1.54) is 0 Å². The van der Waals surface area contributed by atoms with Gasteiger partial charge in [-0.3, -0.25) is 0 Å². The van der Waals surface area contributed by atoms with E-state index in [1.807, 2.05) is 6.92 Å². The Kier molecular flexibility index (Phi) is 3.45. The van der Waals surface area contributed by atoms with E-state index >= 15 is 0 Å². The molecule has 0 saturated carbocycles. The van der Waals surface area contributed by atoms with Crippen LogP contribution >= 0.6 is 11.6 Å². The van der Waals surface area contributed by atoms with Gasteiger partial charge in [0.15, 0.2) is 0 Å². The van der Waals surface area contributed by atoms with Gasteiger partial charge in [0.25, 0.3) is 5.92 Å². The molecule has 0 aliphatic heterocycles. The van der Waals surface area contributed by atoms with Crippen molar-refractivity contribution in [2.75, 3.05) is 6.54 Å². The van der Waals surface area contributed by atoms with Gasteiger partial charge in [-0.2, -0.15) is 0 Å². The number of aryl methyl sites for hydroxylation is 1. The Balaban J connectivity index is 2.91. The number of alkyl halides is 2. The molecule has 0 aliphatic rings. The molecule has 0 aliphatic carbocycles. The number of nitrogens with two attached hydrogens (primary N) is 1. The first kappa shape index (κ1) is 11.4. The van der Waals surface area contributed by atoms with Crippen molar-refractivity contribution in [1.29, 1.82) is 0 Å². The van der Waals surface area contributed by atoms with E-state index in [1.54, 1.807) is 18.2 Å². The Morgan fingerprint density at radius 3 is 2.64 bits per heavy atom. The van der Waals surface area contributed by atoms with Crippen LogP contribution in [0.15, 0.2) is 18.2 Å². The van der Waals surface area contributed by atoms with Gasteiger partial charge in [-0.15, -0.1) is 0 Å². The fourth-order valence-electron chi connectivity index (χ4n) is 1.19. The van der Waals surface area contributed by atoms with E-state index < -0.39 is 18.9 Å². The molecule has 78 valence electrons. The first-order valence-electron chi connectivity index (χ1n) is 4.27. The van der Waals surface area contributed by atoms with Crippen LogP contribution in [0.25, 0.3) is 0 Å². The summed E-state index contributed by atoms with van der Waals surface area (Å²) in [5.41, 5.74) is 6.31. The minimum Gasteiger partial charge on any atom is -0.325 e. The summed E-state index contributed by atoms with van der Waals surface area (Å²) >= 11 is 5.79. The average Bonchev–Trinajstić information content (AvgIpc) is 2.11. The first-order chi connectivity index (χ1) is 6.44. The fourth-order valence-corrected chi connectivity index (χ4v) is 1.37. The van der Waals surface area contributed by atoms with Crippen LogP contribution in [-0.4, -0.2) is 12.5 Å². The predicted octanol–water partition coefficient (Wildman–Crippen LogP) is 2.78. The lowest BCUT2D eigenvalue weighted by atomic mass is 10.0. The van der Waals surface area contributed by atoms with Crippen LogP contribution in [-0.2, 0) is 6.42 Å². The number of hydrogen-bond donors (Lipinski definition) is 1. The molecule has 0 radical (unpaired) electrons. The quantitative estimate of drug-likeness (QED) is 0.831. The van der Waals surface area contributed by atoms with Crippen LogP contribution in [0.1, 0.15) is 11.1 Å². The summed E-state index contributed by atoms with van der Waals surface area (Å²) in [6, 6.07) is 5.07. The molecule has 14 heavy (non-hydrogen) atoms. The topological polar surface area (TPSA) is 26.0 Å². The molecule has 0 bridgehead atoms. The lowest BCUT2D eigenvalue weighted by Gasteiger charge is -2.14. The largest absolute Gasteiger partial charge is 0.325 e. The van der Waals surface area contributed by atoms with Crippen LogP contribution < -0.4 is 5.73 Å². The highest BCUT2D eigenvalue weighted by molar-refractivity contribution is 6.31. The standard InChI is InChI=1S/C10H12ClF2N/c1-7-2-3-9(11)8(4-7)5-10(12,13)6-14/h2-4H,5-6,14H2,1H3.